The maximum Gasteiger partial charge on any atom is 0.183 e. The van der Waals surface area contributed by atoms with Crippen LogP contribution in [0.5, 0.6) is 0 Å². The zero-order valence-corrected chi connectivity index (χ0v) is 12.7. The Kier molecular flexibility index (Phi) is 4.65. The Morgan fingerprint density at radius 2 is 1.73 bits per heavy atom. The summed E-state index contributed by atoms with van der Waals surface area (Å²) in [5.74, 6) is 0.573. The van der Waals surface area contributed by atoms with Gasteiger partial charge in [0, 0.05) is 6.42 Å². The van der Waals surface area contributed by atoms with Crippen molar-refractivity contribution in [3.63, 3.8) is 0 Å². The van der Waals surface area contributed by atoms with Gasteiger partial charge in [-0.05, 0) is 16.7 Å². The van der Waals surface area contributed by atoms with E-state index in [4.69, 9.17) is 0 Å². The van der Waals surface area contributed by atoms with Crippen molar-refractivity contribution in [2.24, 2.45) is 0 Å². The van der Waals surface area contributed by atoms with E-state index < -0.39 is 0 Å². The van der Waals surface area contributed by atoms with Crippen molar-refractivity contribution < 1.29 is 4.79 Å². The fraction of sp³-hybridized carbons (Fsp3) is 0.118. The lowest BCUT2D eigenvalue weighted by atomic mass is 10.0. The molecule has 0 spiro atoms. The van der Waals surface area contributed by atoms with E-state index in [2.05, 4.69) is 39.4 Å². The summed E-state index contributed by atoms with van der Waals surface area (Å²) in [5.41, 5.74) is 3.37. The van der Waals surface area contributed by atoms with Crippen molar-refractivity contribution in [2.45, 2.75) is 11.6 Å². The number of nitrogens with zero attached hydrogens (tertiary/aromatic N) is 2. The quantitative estimate of drug-likeness (QED) is 0.709. The molecule has 0 bridgehead atoms. The third kappa shape index (κ3) is 3.83. The predicted octanol–water partition coefficient (Wildman–Crippen LogP) is 3.38. The van der Waals surface area contributed by atoms with Crippen LogP contribution in [-0.2, 0) is 11.2 Å². The molecule has 4 nitrogen and oxygen atoms in total. The number of Topliss-reactive ketones (excluding diaryl/α,β-unsaturated/α-hetero) is 1. The Balaban J connectivity index is 1.58. The van der Waals surface area contributed by atoms with E-state index in [0.717, 1.165) is 11.1 Å². The molecule has 0 aliphatic rings. The molecule has 2 aromatic carbocycles. The average molecular weight is 309 g/mol. The summed E-state index contributed by atoms with van der Waals surface area (Å²) in [4.78, 5) is 16.0. The highest BCUT2D eigenvalue weighted by atomic mass is 32.2. The van der Waals surface area contributed by atoms with E-state index in [1.54, 1.807) is 0 Å². The first kappa shape index (κ1) is 14.5. The highest BCUT2D eigenvalue weighted by molar-refractivity contribution is 7.99. The lowest BCUT2D eigenvalue weighted by Gasteiger charge is -2.04. The van der Waals surface area contributed by atoms with Crippen LogP contribution < -0.4 is 0 Å². The van der Waals surface area contributed by atoms with Gasteiger partial charge >= 0.3 is 0 Å². The number of aromatic amines is 1. The number of hydrogen-bond acceptors (Lipinski definition) is 4. The van der Waals surface area contributed by atoms with Gasteiger partial charge < -0.3 is 0 Å². The van der Waals surface area contributed by atoms with Gasteiger partial charge in [-0.1, -0.05) is 66.4 Å². The number of hydrogen-bond donors (Lipinski definition) is 1. The summed E-state index contributed by atoms with van der Waals surface area (Å²) < 4.78 is 0. The van der Waals surface area contributed by atoms with E-state index in [9.17, 15) is 4.79 Å². The monoisotopic (exact) mass is 309 g/mol. The fourth-order valence-electron chi connectivity index (χ4n) is 2.14. The molecule has 1 heterocycles. The van der Waals surface area contributed by atoms with Crippen LogP contribution in [0.2, 0.25) is 0 Å². The molecule has 3 rings (SSSR count). The van der Waals surface area contributed by atoms with Crippen molar-refractivity contribution in [1.29, 1.82) is 0 Å². The van der Waals surface area contributed by atoms with Gasteiger partial charge in [0.25, 0.3) is 0 Å². The Morgan fingerprint density at radius 1 is 1.00 bits per heavy atom. The molecule has 0 atom stereocenters. The first-order valence-corrected chi connectivity index (χ1v) is 7.94. The van der Waals surface area contributed by atoms with E-state index in [0.29, 0.717) is 17.3 Å². The second-order valence-electron chi connectivity index (χ2n) is 4.86. The molecule has 0 aliphatic carbocycles. The van der Waals surface area contributed by atoms with Crippen molar-refractivity contribution in [3.05, 3.63) is 66.5 Å². The number of ketones is 1. The summed E-state index contributed by atoms with van der Waals surface area (Å²) in [5, 5.41) is 7.16. The van der Waals surface area contributed by atoms with Gasteiger partial charge in [0.1, 0.15) is 12.1 Å². The van der Waals surface area contributed by atoms with Gasteiger partial charge in [-0.3, -0.25) is 9.89 Å². The topological polar surface area (TPSA) is 58.6 Å². The minimum Gasteiger partial charge on any atom is -0.298 e. The Morgan fingerprint density at radius 3 is 2.41 bits per heavy atom. The SMILES string of the molecule is O=C(CSc1ncn[nH]1)Cc1ccc(-c2ccccc2)cc1. The largest absolute Gasteiger partial charge is 0.298 e. The highest BCUT2D eigenvalue weighted by Gasteiger charge is 2.06. The molecule has 0 aliphatic heterocycles. The van der Waals surface area contributed by atoms with Gasteiger partial charge in [0.05, 0.1) is 5.75 Å². The Hall–Kier alpha value is -2.40. The molecule has 0 fully saturated rings. The second-order valence-corrected chi connectivity index (χ2v) is 5.82. The lowest BCUT2D eigenvalue weighted by molar-refractivity contribution is -0.116. The highest BCUT2D eigenvalue weighted by Crippen LogP contribution is 2.20. The van der Waals surface area contributed by atoms with Crippen molar-refractivity contribution in [2.75, 3.05) is 5.75 Å². The maximum absolute atomic E-state index is 12.0. The van der Waals surface area contributed by atoms with Crippen LogP contribution in [0.3, 0.4) is 0 Å². The molecule has 1 aromatic heterocycles. The molecule has 110 valence electrons. The molecule has 0 amide bonds. The number of thioether (sulfide) groups is 1. The van der Waals surface area contributed by atoms with Crippen molar-refractivity contribution in [1.82, 2.24) is 15.2 Å². The standard InChI is InChI=1S/C17H15N3OS/c21-16(11-22-17-18-12-19-20-17)10-13-6-8-15(9-7-13)14-4-2-1-3-5-14/h1-9,12H,10-11H2,(H,18,19,20). The smallest absolute Gasteiger partial charge is 0.183 e. The normalized spacial score (nSPS) is 10.5. The molecule has 5 heteroatoms. The van der Waals surface area contributed by atoms with E-state index in [1.165, 1.54) is 23.7 Å². The van der Waals surface area contributed by atoms with Gasteiger partial charge in [-0.2, -0.15) is 5.10 Å². The van der Waals surface area contributed by atoms with Crippen LogP contribution in [0.4, 0.5) is 0 Å². The van der Waals surface area contributed by atoms with Gasteiger partial charge in [0.15, 0.2) is 5.16 Å². The first-order chi connectivity index (χ1) is 10.8. The fourth-order valence-corrected chi connectivity index (χ4v) is 2.78. The number of aromatic nitrogens is 3. The summed E-state index contributed by atoms with van der Waals surface area (Å²) in [6.45, 7) is 0. The third-order valence-electron chi connectivity index (χ3n) is 3.23. The first-order valence-electron chi connectivity index (χ1n) is 6.95. The zero-order valence-electron chi connectivity index (χ0n) is 11.9. The van der Waals surface area contributed by atoms with Crippen LogP contribution in [0, 0.1) is 0 Å². The summed E-state index contributed by atoms with van der Waals surface area (Å²) in [7, 11) is 0. The number of carbonyl (C=O) groups excluding carboxylic acids is 1. The lowest BCUT2D eigenvalue weighted by Crippen LogP contribution is -2.05. The Labute approximate surface area is 133 Å². The molecular formula is C17H15N3OS. The zero-order chi connectivity index (χ0) is 15.2. The maximum atomic E-state index is 12.0. The van der Waals surface area contributed by atoms with Gasteiger partial charge in [0.2, 0.25) is 0 Å². The molecule has 0 saturated heterocycles. The summed E-state index contributed by atoms with van der Waals surface area (Å²) >= 11 is 1.38. The number of carbonyl (C=O) groups is 1. The number of rotatable bonds is 6. The molecular weight excluding hydrogens is 294 g/mol. The minimum absolute atomic E-state index is 0.175. The summed E-state index contributed by atoms with van der Waals surface area (Å²) in [6.07, 6.45) is 1.88. The number of H-pyrrole nitrogens is 1. The van der Waals surface area contributed by atoms with Crippen LogP contribution >= 0.6 is 11.8 Å². The van der Waals surface area contributed by atoms with Gasteiger partial charge in [-0.25, -0.2) is 4.98 Å². The van der Waals surface area contributed by atoms with E-state index in [-0.39, 0.29) is 5.78 Å². The molecule has 0 unspecified atom stereocenters. The molecule has 3 aromatic rings. The average Bonchev–Trinajstić information content (AvgIpc) is 3.08. The van der Waals surface area contributed by atoms with Crippen LogP contribution in [0.1, 0.15) is 5.56 Å². The Bertz CT molecular complexity index is 724. The van der Waals surface area contributed by atoms with Crippen molar-refractivity contribution >= 4 is 17.5 Å². The van der Waals surface area contributed by atoms with Crippen LogP contribution in [-0.4, -0.2) is 26.7 Å². The van der Waals surface area contributed by atoms with Crippen molar-refractivity contribution in [3.8, 4) is 11.1 Å². The van der Waals surface area contributed by atoms with Gasteiger partial charge in [-0.15, -0.1) is 0 Å². The molecule has 0 saturated carbocycles. The second kappa shape index (κ2) is 7.04. The minimum atomic E-state index is 0.175. The third-order valence-corrected chi connectivity index (χ3v) is 4.16. The molecule has 22 heavy (non-hydrogen) atoms. The summed E-state index contributed by atoms with van der Waals surface area (Å²) in [6, 6.07) is 18.3. The van der Waals surface area contributed by atoms with E-state index in [1.807, 2.05) is 30.3 Å². The number of benzene rings is 2. The van der Waals surface area contributed by atoms with Crippen LogP contribution in [0.15, 0.2) is 66.1 Å². The molecule has 1 N–H and O–H groups in total. The molecule has 0 radical (unpaired) electrons. The predicted molar refractivity (Wildman–Crippen MR) is 87.7 cm³/mol. The van der Waals surface area contributed by atoms with Crippen LogP contribution in [0.25, 0.3) is 11.1 Å². The number of nitrogens with one attached hydrogen (secondary N) is 1. The van der Waals surface area contributed by atoms with E-state index >= 15 is 0 Å².